The molecule has 0 rings (SSSR count). The molecule has 0 aromatic rings. The molecular weight excluding hydrogens is 697 g/mol. The summed E-state index contributed by atoms with van der Waals surface area (Å²) in [7, 11) is 0. The molecule has 0 aromatic heterocycles. The van der Waals surface area contributed by atoms with Crippen LogP contribution in [0, 0.1) is 0 Å². The molecule has 1 unspecified atom stereocenters. The van der Waals surface area contributed by atoms with Gasteiger partial charge in [0.1, 0.15) is 13.2 Å². The largest absolute Gasteiger partial charge is 0.462 e. The Balaban J connectivity index is 4.11. The fourth-order valence-electron chi connectivity index (χ4n) is 6.03. The lowest BCUT2D eigenvalue weighted by atomic mass is 10.1. The summed E-state index contributed by atoms with van der Waals surface area (Å²) in [4.78, 5) is 37.3. The highest BCUT2D eigenvalue weighted by molar-refractivity contribution is 5.71. The Morgan fingerprint density at radius 2 is 0.696 bits per heavy atom. The van der Waals surface area contributed by atoms with Gasteiger partial charge in [-0.2, -0.15) is 0 Å². The topological polar surface area (TPSA) is 78.9 Å². The Morgan fingerprint density at radius 3 is 1.09 bits per heavy atom. The molecule has 0 heterocycles. The van der Waals surface area contributed by atoms with Gasteiger partial charge < -0.3 is 14.2 Å². The Morgan fingerprint density at radius 1 is 0.375 bits per heavy atom. The molecule has 0 N–H and O–H groups in total. The van der Waals surface area contributed by atoms with Gasteiger partial charge in [0.25, 0.3) is 0 Å². The third-order valence-electron chi connectivity index (χ3n) is 9.48. The van der Waals surface area contributed by atoms with Crippen LogP contribution >= 0.6 is 0 Å². The van der Waals surface area contributed by atoms with Gasteiger partial charge in [-0.25, -0.2) is 0 Å². The second-order valence-electron chi connectivity index (χ2n) is 14.9. The number of hydrogen-bond donors (Lipinski definition) is 0. The number of hydrogen-bond acceptors (Lipinski definition) is 6. The minimum atomic E-state index is -0.773. The molecule has 6 nitrogen and oxygen atoms in total. The lowest BCUT2D eigenvalue weighted by Gasteiger charge is -2.18. The maximum absolute atomic E-state index is 12.6. The van der Waals surface area contributed by atoms with Crippen molar-refractivity contribution in [2.75, 3.05) is 13.2 Å². The van der Waals surface area contributed by atoms with Gasteiger partial charge in [-0.1, -0.05) is 190 Å². The highest BCUT2D eigenvalue weighted by Gasteiger charge is 2.19. The summed E-state index contributed by atoms with van der Waals surface area (Å²) >= 11 is 0. The van der Waals surface area contributed by atoms with Gasteiger partial charge in [-0.3, -0.25) is 14.4 Å². The van der Waals surface area contributed by atoms with Crippen molar-refractivity contribution in [3.05, 3.63) is 72.9 Å². The van der Waals surface area contributed by atoms with Crippen LogP contribution in [0.1, 0.15) is 207 Å². The number of unbranched alkanes of at least 4 members (excludes halogenated alkanes) is 17. The van der Waals surface area contributed by atoms with E-state index in [-0.39, 0.29) is 31.1 Å². The van der Waals surface area contributed by atoms with E-state index in [1.54, 1.807) is 0 Å². The molecule has 0 amide bonds. The molecule has 0 saturated carbocycles. The van der Waals surface area contributed by atoms with Crippen molar-refractivity contribution in [1.82, 2.24) is 0 Å². The van der Waals surface area contributed by atoms with E-state index in [1.807, 2.05) is 0 Å². The molecule has 0 aliphatic heterocycles. The van der Waals surface area contributed by atoms with Crippen LogP contribution in [0.15, 0.2) is 72.9 Å². The zero-order valence-corrected chi connectivity index (χ0v) is 36.4. The molecular formula is C50H84O6. The molecule has 0 bridgehead atoms. The number of esters is 3. The molecule has 0 aliphatic rings. The molecule has 1 atom stereocenters. The van der Waals surface area contributed by atoms with Gasteiger partial charge in [0.05, 0.1) is 0 Å². The molecule has 0 fully saturated rings. The molecule has 6 heteroatoms. The first kappa shape index (κ1) is 52.9. The normalized spacial score (nSPS) is 12.7. The van der Waals surface area contributed by atoms with Crippen LogP contribution in [0.2, 0.25) is 0 Å². The fourth-order valence-corrected chi connectivity index (χ4v) is 6.03. The summed E-state index contributed by atoms with van der Waals surface area (Å²) in [6.07, 6.45) is 55.0. The van der Waals surface area contributed by atoms with E-state index in [2.05, 4.69) is 93.7 Å². The Hall–Kier alpha value is -3.15. The van der Waals surface area contributed by atoms with E-state index in [4.69, 9.17) is 14.2 Å². The molecule has 0 radical (unpaired) electrons. The van der Waals surface area contributed by atoms with Crippen LogP contribution in [-0.4, -0.2) is 37.2 Å². The van der Waals surface area contributed by atoms with Crippen LogP contribution in [0.25, 0.3) is 0 Å². The van der Waals surface area contributed by atoms with Crippen molar-refractivity contribution in [3.8, 4) is 0 Å². The highest BCUT2D eigenvalue weighted by Crippen LogP contribution is 2.13. The third kappa shape index (κ3) is 42.0. The second-order valence-corrected chi connectivity index (χ2v) is 14.9. The van der Waals surface area contributed by atoms with Gasteiger partial charge in [0.15, 0.2) is 6.10 Å². The van der Waals surface area contributed by atoms with Gasteiger partial charge in [0, 0.05) is 19.3 Å². The summed E-state index contributed by atoms with van der Waals surface area (Å²) in [5.41, 5.74) is 0. The van der Waals surface area contributed by atoms with Gasteiger partial charge in [0.2, 0.25) is 0 Å². The van der Waals surface area contributed by atoms with E-state index >= 15 is 0 Å². The first-order valence-electron chi connectivity index (χ1n) is 22.9. The average Bonchev–Trinajstić information content (AvgIpc) is 3.19. The maximum Gasteiger partial charge on any atom is 0.306 e. The SMILES string of the molecule is CC/C=C\C/C=C\C/C=C\C/C=C\C/C=C\C/C=C\CCCCCCCCC(=O)OCC(COC(=O)CCCCCCC)OC(=O)CCCCCCCCCC. The maximum atomic E-state index is 12.6. The summed E-state index contributed by atoms with van der Waals surface area (Å²) < 4.78 is 16.5. The number of carbonyl (C=O) groups is 3. The van der Waals surface area contributed by atoms with Crippen molar-refractivity contribution in [3.63, 3.8) is 0 Å². The lowest BCUT2D eigenvalue weighted by molar-refractivity contribution is -0.167. The fraction of sp³-hybridized carbons (Fsp3) is 0.700. The van der Waals surface area contributed by atoms with Gasteiger partial charge in [-0.05, 0) is 70.6 Å². The predicted octanol–water partition coefficient (Wildman–Crippen LogP) is 14.7. The molecule has 0 aliphatic carbocycles. The van der Waals surface area contributed by atoms with Crippen molar-refractivity contribution >= 4 is 17.9 Å². The quantitative estimate of drug-likeness (QED) is 0.0267. The number of allylic oxidation sites excluding steroid dienone is 12. The van der Waals surface area contributed by atoms with E-state index in [9.17, 15) is 14.4 Å². The van der Waals surface area contributed by atoms with E-state index in [0.29, 0.717) is 19.3 Å². The monoisotopic (exact) mass is 781 g/mol. The Kier molecular flexibility index (Phi) is 42.1. The van der Waals surface area contributed by atoms with Gasteiger partial charge in [-0.15, -0.1) is 0 Å². The van der Waals surface area contributed by atoms with Crippen molar-refractivity contribution < 1.29 is 28.6 Å². The zero-order chi connectivity index (χ0) is 40.8. The van der Waals surface area contributed by atoms with Crippen LogP contribution in [-0.2, 0) is 28.6 Å². The van der Waals surface area contributed by atoms with Crippen LogP contribution in [0.3, 0.4) is 0 Å². The van der Waals surface area contributed by atoms with E-state index in [1.165, 1.54) is 57.8 Å². The Labute approximate surface area is 344 Å². The number of carbonyl (C=O) groups excluding carboxylic acids is 3. The summed E-state index contributed by atoms with van der Waals surface area (Å²) in [5, 5.41) is 0. The molecule has 0 saturated heterocycles. The molecule has 320 valence electrons. The van der Waals surface area contributed by atoms with Crippen LogP contribution < -0.4 is 0 Å². The standard InChI is InChI=1S/C50H84O6/c1-4-7-10-13-15-17-18-19-20-21-22-23-24-25-26-27-28-29-30-31-32-33-35-37-40-43-49(52)55-46-47(45-54-48(51)42-39-36-12-9-6-3)56-50(53)44-41-38-34-16-14-11-8-5-2/h7,10,15,17,19-20,22-23,25-26,28-29,47H,4-6,8-9,11-14,16,18,21,24,27,30-46H2,1-3H3/b10-7-,17-15-,20-19-,23-22-,26-25-,29-28-. The van der Waals surface area contributed by atoms with Crippen molar-refractivity contribution in [1.29, 1.82) is 0 Å². The lowest BCUT2D eigenvalue weighted by Crippen LogP contribution is -2.30. The van der Waals surface area contributed by atoms with E-state index < -0.39 is 6.10 Å². The predicted molar refractivity (Wildman–Crippen MR) is 238 cm³/mol. The van der Waals surface area contributed by atoms with Crippen molar-refractivity contribution in [2.24, 2.45) is 0 Å². The van der Waals surface area contributed by atoms with Gasteiger partial charge >= 0.3 is 17.9 Å². The summed E-state index contributed by atoms with van der Waals surface area (Å²) in [6.45, 7) is 6.37. The zero-order valence-electron chi connectivity index (χ0n) is 36.4. The average molecular weight is 781 g/mol. The first-order chi connectivity index (χ1) is 27.5. The molecule has 0 spiro atoms. The van der Waals surface area contributed by atoms with Crippen LogP contribution in [0.4, 0.5) is 0 Å². The minimum absolute atomic E-state index is 0.0805. The molecule has 0 aromatic carbocycles. The first-order valence-corrected chi connectivity index (χ1v) is 22.9. The summed E-state index contributed by atoms with van der Waals surface area (Å²) in [5.74, 6) is -0.920. The molecule has 56 heavy (non-hydrogen) atoms. The summed E-state index contributed by atoms with van der Waals surface area (Å²) in [6, 6.07) is 0. The third-order valence-corrected chi connectivity index (χ3v) is 9.48. The smallest absolute Gasteiger partial charge is 0.306 e. The van der Waals surface area contributed by atoms with E-state index in [0.717, 1.165) is 109 Å². The number of rotatable bonds is 40. The van der Waals surface area contributed by atoms with Crippen LogP contribution in [0.5, 0.6) is 0 Å². The number of ether oxygens (including phenoxy) is 3. The highest BCUT2D eigenvalue weighted by atomic mass is 16.6. The Bertz CT molecular complexity index is 1080. The van der Waals surface area contributed by atoms with Crippen molar-refractivity contribution in [2.45, 2.75) is 213 Å². The second kappa shape index (κ2) is 44.6. The minimum Gasteiger partial charge on any atom is -0.462 e.